The Morgan fingerprint density at radius 1 is 0.842 bits per heavy atom. The van der Waals surface area contributed by atoms with Crippen LogP contribution in [0.4, 0.5) is 0 Å². The van der Waals surface area contributed by atoms with Crippen molar-refractivity contribution in [3.8, 4) is 39.2 Å². The van der Waals surface area contributed by atoms with Crippen LogP contribution in [-0.4, -0.2) is 44.4 Å². The first kappa shape index (κ1) is 28.1. The maximum atomic E-state index is 6.31. The fourth-order valence-corrected chi connectivity index (χ4v) is 5.73. The lowest BCUT2D eigenvalue weighted by Crippen LogP contribution is -2.33. The highest BCUT2D eigenvalue weighted by molar-refractivity contribution is 7.22. The van der Waals surface area contributed by atoms with E-state index in [1.54, 1.807) is 18.4 Å². The molecule has 0 amide bonds. The highest BCUT2D eigenvalue weighted by Crippen LogP contribution is 2.45. The number of thiophene rings is 1. The quantitative estimate of drug-likeness (QED) is 0.197. The molecule has 0 bridgehead atoms. The van der Waals surface area contributed by atoms with Crippen LogP contribution < -0.4 is 18.9 Å². The van der Waals surface area contributed by atoms with Crippen LogP contribution in [-0.2, 0) is 0 Å². The van der Waals surface area contributed by atoms with Gasteiger partial charge in [-0.15, -0.1) is 23.7 Å². The van der Waals surface area contributed by atoms with Crippen molar-refractivity contribution < 1.29 is 18.9 Å². The van der Waals surface area contributed by atoms with E-state index in [1.165, 1.54) is 42.4 Å². The summed E-state index contributed by atoms with van der Waals surface area (Å²) < 4.78 is 25.4. The van der Waals surface area contributed by atoms with Gasteiger partial charge in [-0.1, -0.05) is 24.6 Å². The monoisotopic (exact) mass is 553 g/mol. The van der Waals surface area contributed by atoms with E-state index in [0.717, 1.165) is 34.2 Å². The van der Waals surface area contributed by atoms with Crippen molar-refractivity contribution in [3.63, 3.8) is 0 Å². The van der Waals surface area contributed by atoms with Crippen molar-refractivity contribution in [2.45, 2.75) is 39.2 Å². The molecule has 0 N–H and O–H groups in total. The third-order valence-electron chi connectivity index (χ3n) is 6.50. The van der Waals surface area contributed by atoms with Gasteiger partial charge < -0.3 is 18.9 Å². The van der Waals surface area contributed by atoms with Crippen LogP contribution in [0, 0.1) is 0 Å². The molecular weight excluding hydrogens is 518 g/mol. The normalized spacial score (nSPS) is 13.8. The van der Waals surface area contributed by atoms with Crippen molar-refractivity contribution >= 4 is 33.8 Å². The molecule has 5 nitrogen and oxygen atoms in total. The van der Waals surface area contributed by atoms with Gasteiger partial charge in [0.15, 0.2) is 11.5 Å². The number of halogens is 1. The number of rotatable bonds is 10. The summed E-state index contributed by atoms with van der Waals surface area (Å²) in [6.07, 6.45) is 3.98. The molecule has 3 aromatic carbocycles. The summed E-state index contributed by atoms with van der Waals surface area (Å²) in [4.78, 5) is 3.61. The highest BCUT2D eigenvalue weighted by atomic mass is 35.5. The second kappa shape index (κ2) is 13.2. The number of likely N-dealkylation sites (tertiary alicyclic amines) is 1. The van der Waals surface area contributed by atoms with Gasteiger partial charge in [0, 0.05) is 27.8 Å². The zero-order chi connectivity index (χ0) is 25.6. The van der Waals surface area contributed by atoms with Crippen LogP contribution in [0.3, 0.4) is 0 Å². The Balaban J connectivity index is 0.00000336. The van der Waals surface area contributed by atoms with Gasteiger partial charge in [-0.25, -0.2) is 0 Å². The molecule has 38 heavy (non-hydrogen) atoms. The van der Waals surface area contributed by atoms with E-state index in [1.807, 2.05) is 50.2 Å². The lowest BCUT2D eigenvalue weighted by molar-refractivity contribution is 0.183. The lowest BCUT2D eigenvalue weighted by Gasteiger charge is -2.26. The van der Waals surface area contributed by atoms with Gasteiger partial charge in [-0.2, -0.15) is 0 Å². The Morgan fingerprint density at radius 3 is 2.29 bits per heavy atom. The van der Waals surface area contributed by atoms with Crippen molar-refractivity contribution in [1.29, 1.82) is 0 Å². The van der Waals surface area contributed by atoms with E-state index < -0.39 is 0 Å². The second-order valence-electron chi connectivity index (χ2n) is 9.64. The molecule has 0 aliphatic carbocycles. The topological polar surface area (TPSA) is 40.2 Å². The van der Waals surface area contributed by atoms with Crippen LogP contribution in [0.5, 0.6) is 28.7 Å². The third-order valence-corrected chi connectivity index (χ3v) is 7.65. The Bertz CT molecular complexity index is 1280. The molecule has 7 heteroatoms. The zero-order valence-corrected chi connectivity index (χ0v) is 23.9. The second-order valence-corrected chi connectivity index (χ2v) is 10.7. The Kier molecular flexibility index (Phi) is 9.78. The predicted octanol–water partition coefficient (Wildman–Crippen LogP) is 8.44. The molecule has 1 saturated heterocycles. The van der Waals surface area contributed by atoms with Gasteiger partial charge in [0.05, 0.1) is 13.2 Å². The maximum Gasteiger partial charge on any atom is 0.170 e. The molecule has 1 aromatic heterocycles. The molecule has 1 aliphatic rings. The molecule has 0 radical (unpaired) electrons. The number of nitrogens with zero attached hydrogens (tertiary/aromatic N) is 1. The first-order valence-electron chi connectivity index (χ1n) is 13.1. The number of fused-ring (bicyclic) bond motifs is 1. The van der Waals surface area contributed by atoms with Crippen LogP contribution >= 0.6 is 23.7 Å². The van der Waals surface area contributed by atoms with Gasteiger partial charge in [-0.05, 0) is 87.6 Å². The Morgan fingerprint density at radius 2 is 1.58 bits per heavy atom. The molecular formula is C31H36ClNO4S. The molecule has 4 aromatic rings. The summed E-state index contributed by atoms with van der Waals surface area (Å²) in [7, 11) is 1.65. The van der Waals surface area contributed by atoms with E-state index in [0.29, 0.717) is 18.1 Å². The molecule has 0 saturated carbocycles. The smallest absolute Gasteiger partial charge is 0.170 e. The molecule has 0 spiro atoms. The SMILES string of the molecule is COc1cc(OC(C)C)c(-c2cc3ccccc3s2)cc1Oc1ccc(OCCN2CCCCC2)cc1.Cl. The van der Waals surface area contributed by atoms with E-state index in [4.69, 9.17) is 18.9 Å². The summed E-state index contributed by atoms with van der Waals surface area (Å²) >= 11 is 1.74. The number of hydrogen-bond acceptors (Lipinski definition) is 6. The largest absolute Gasteiger partial charge is 0.493 e. The molecule has 1 aliphatic heterocycles. The van der Waals surface area contributed by atoms with E-state index >= 15 is 0 Å². The van der Waals surface area contributed by atoms with Crippen molar-refractivity contribution in [2.75, 3.05) is 33.4 Å². The summed E-state index contributed by atoms with van der Waals surface area (Å²) in [5.74, 6) is 3.62. The van der Waals surface area contributed by atoms with Crippen LogP contribution in [0.15, 0.2) is 66.7 Å². The summed E-state index contributed by atoms with van der Waals surface area (Å²) in [6, 6.07) is 22.3. The van der Waals surface area contributed by atoms with Gasteiger partial charge >= 0.3 is 0 Å². The Hall–Kier alpha value is -2.93. The highest BCUT2D eigenvalue weighted by Gasteiger charge is 2.18. The van der Waals surface area contributed by atoms with E-state index in [-0.39, 0.29) is 18.5 Å². The standard InChI is InChI=1S/C31H35NO4S.ClH/c1-22(2)35-27-21-28(33-3)29(20-26(27)31-19-23-9-5-6-10-30(23)37-31)36-25-13-11-24(12-14-25)34-18-17-32-15-7-4-8-16-32;/h5-6,9-14,19-22H,4,7-8,15-18H2,1-3H3;1H. The fraction of sp³-hybridized carbons (Fsp3) is 0.355. The summed E-state index contributed by atoms with van der Waals surface area (Å²) in [5, 5.41) is 1.21. The lowest BCUT2D eigenvalue weighted by atomic mass is 10.1. The molecule has 0 unspecified atom stereocenters. The molecule has 202 valence electrons. The Labute approximate surface area is 235 Å². The van der Waals surface area contributed by atoms with Crippen LogP contribution in [0.25, 0.3) is 20.5 Å². The maximum absolute atomic E-state index is 6.31. The minimum Gasteiger partial charge on any atom is -0.493 e. The number of benzene rings is 3. The number of piperidine rings is 1. The predicted molar refractivity (Wildman–Crippen MR) is 159 cm³/mol. The summed E-state index contributed by atoms with van der Waals surface area (Å²) in [6.45, 7) is 8.10. The van der Waals surface area contributed by atoms with Gasteiger partial charge in [0.25, 0.3) is 0 Å². The van der Waals surface area contributed by atoms with E-state index in [2.05, 4.69) is 35.2 Å². The molecule has 0 atom stereocenters. The number of hydrogen-bond donors (Lipinski definition) is 0. The third kappa shape index (κ3) is 6.93. The first-order chi connectivity index (χ1) is 18.1. The first-order valence-corrected chi connectivity index (χ1v) is 13.9. The molecule has 2 heterocycles. The van der Waals surface area contributed by atoms with Gasteiger partial charge in [0.1, 0.15) is 23.9 Å². The van der Waals surface area contributed by atoms with Crippen LogP contribution in [0.2, 0.25) is 0 Å². The minimum atomic E-state index is 0. The number of methoxy groups -OCH3 is 1. The minimum absolute atomic E-state index is 0. The average molecular weight is 554 g/mol. The summed E-state index contributed by atoms with van der Waals surface area (Å²) in [5.41, 5.74) is 0.989. The van der Waals surface area contributed by atoms with Crippen molar-refractivity contribution in [3.05, 3.63) is 66.7 Å². The zero-order valence-electron chi connectivity index (χ0n) is 22.3. The van der Waals surface area contributed by atoms with Crippen molar-refractivity contribution in [1.82, 2.24) is 4.90 Å². The van der Waals surface area contributed by atoms with Crippen LogP contribution in [0.1, 0.15) is 33.1 Å². The number of ether oxygens (including phenoxy) is 4. The molecule has 5 rings (SSSR count). The van der Waals surface area contributed by atoms with E-state index in [9.17, 15) is 0 Å². The fourth-order valence-electron chi connectivity index (χ4n) is 4.65. The average Bonchev–Trinajstić information content (AvgIpc) is 3.35. The van der Waals surface area contributed by atoms with Crippen molar-refractivity contribution in [2.24, 2.45) is 0 Å². The van der Waals surface area contributed by atoms with Gasteiger partial charge in [-0.3, -0.25) is 4.90 Å². The molecule has 1 fully saturated rings. The van der Waals surface area contributed by atoms with Gasteiger partial charge in [0.2, 0.25) is 0 Å².